The molecule has 0 amide bonds. The fourth-order valence-corrected chi connectivity index (χ4v) is 1.30. The van der Waals surface area contributed by atoms with Crippen LogP contribution in [-0.4, -0.2) is 32.4 Å². The predicted octanol–water partition coefficient (Wildman–Crippen LogP) is 1.06. The molecule has 0 aliphatic rings. The molecule has 0 bridgehead atoms. The van der Waals surface area contributed by atoms with Gasteiger partial charge in [-0.1, -0.05) is 0 Å². The van der Waals surface area contributed by atoms with Gasteiger partial charge in [0.05, 0.1) is 12.1 Å². The Morgan fingerprint density at radius 3 is 2.47 bits per heavy atom. The Morgan fingerprint density at radius 2 is 1.88 bits per heavy atom. The van der Waals surface area contributed by atoms with Crippen molar-refractivity contribution in [3.8, 4) is 5.75 Å². The van der Waals surface area contributed by atoms with Crippen LogP contribution in [0.5, 0.6) is 5.75 Å². The molecular formula is C11H11N3O3. The van der Waals surface area contributed by atoms with Crippen molar-refractivity contribution in [1.29, 1.82) is 0 Å². The molecule has 0 aliphatic carbocycles. The third-order valence-corrected chi connectivity index (χ3v) is 2.19. The lowest BCUT2D eigenvalue weighted by molar-refractivity contribution is 0.0697. The summed E-state index contributed by atoms with van der Waals surface area (Å²) in [6.07, 6.45) is 3.22. The summed E-state index contributed by atoms with van der Waals surface area (Å²) in [6, 6.07) is 6.29. The Bertz CT molecular complexity index is 479. The van der Waals surface area contributed by atoms with Gasteiger partial charge in [-0.3, -0.25) is 0 Å². The van der Waals surface area contributed by atoms with Crippen molar-refractivity contribution in [1.82, 2.24) is 14.8 Å². The van der Waals surface area contributed by atoms with Gasteiger partial charge in [0, 0.05) is 0 Å². The van der Waals surface area contributed by atoms with Crippen LogP contribution in [-0.2, 0) is 6.54 Å². The second-order valence-electron chi connectivity index (χ2n) is 3.38. The van der Waals surface area contributed by atoms with Crippen molar-refractivity contribution < 1.29 is 14.6 Å². The summed E-state index contributed by atoms with van der Waals surface area (Å²) in [4.78, 5) is 10.6. The summed E-state index contributed by atoms with van der Waals surface area (Å²) in [6.45, 7) is 1.12. The number of nitrogens with zero attached hydrogens (tertiary/aromatic N) is 3. The van der Waals surface area contributed by atoms with Crippen LogP contribution in [0.25, 0.3) is 0 Å². The van der Waals surface area contributed by atoms with Crippen LogP contribution in [0.3, 0.4) is 0 Å². The number of rotatable bonds is 5. The zero-order chi connectivity index (χ0) is 12.1. The highest BCUT2D eigenvalue weighted by molar-refractivity contribution is 5.87. The molecule has 2 rings (SSSR count). The first-order chi connectivity index (χ1) is 8.25. The van der Waals surface area contributed by atoms with Gasteiger partial charge >= 0.3 is 5.97 Å². The number of hydrogen-bond donors (Lipinski definition) is 1. The van der Waals surface area contributed by atoms with Crippen molar-refractivity contribution in [2.45, 2.75) is 6.54 Å². The lowest BCUT2D eigenvalue weighted by Gasteiger charge is -2.06. The molecular weight excluding hydrogens is 222 g/mol. The van der Waals surface area contributed by atoms with E-state index in [4.69, 9.17) is 9.84 Å². The summed E-state index contributed by atoms with van der Waals surface area (Å²) in [5, 5.41) is 16.1. The van der Waals surface area contributed by atoms with E-state index in [2.05, 4.69) is 10.2 Å². The van der Waals surface area contributed by atoms with E-state index in [1.54, 1.807) is 29.4 Å². The first-order valence-electron chi connectivity index (χ1n) is 5.04. The molecule has 1 N–H and O–H groups in total. The van der Waals surface area contributed by atoms with Gasteiger partial charge in [-0.2, -0.15) is 0 Å². The maximum atomic E-state index is 10.6. The van der Waals surface area contributed by atoms with Crippen molar-refractivity contribution in [2.24, 2.45) is 0 Å². The highest BCUT2D eigenvalue weighted by atomic mass is 16.5. The van der Waals surface area contributed by atoms with Gasteiger partial charge in [-0.25, -0.2) is 4.79 Å². The van der Waals surface area contributed by atoms with Gasteiger partial charge < -0.3 is 14.4 Å². The van der Waals surface area contributed by atoms with Crippen LogP contribution < -0.4 is 4.74 Å². The molecule has 2 aromatic rings. The third-order valence-electron chi connectivity index (χ3n) is 2.19. The molecule has 0 saturated carbocycles. The van der Waals surface area contributed by atoms with E-state index in [0.29, 0.717) is 18.9 Å². The zero-order valence-corrected chi connectivity index (χ0v) is 8.98. The smallest absolute Gasteiger partial charge is 0.335 e. The van der Waals surface area contributed by atoms with E-state index in [9.17, 15) is 4.79 Å². The van der Waals surface area contributed by atoms with Crippen molar-refractivity contribution in [2.75, 3.05) is 6.61 Å². The number of carboxylic acids is 1. The normalized spacial score (nSPS) is 10.1. The summed E-state index contributed by atoms with van der Waals surface area (Å²) in [5.74, 6) is -0.302. The first kappa shape index (κ1) is 11.1. The van der Waals surface area contributed by atoms with Crippen molar-refractivity contribution in [3.63, 3.8) is 0 Å². The highest BCUT2D eigenvalue weighted by Gasteiger charge is 2.01. The standard InChI is InChI=1S/C11H11N3O3/c15-11(16)9-1-3-10(4-2-9)17-6-5-14-7-12-13-8-14/h1-4,7-8H,5-6H2,(H,15,16). The van der Waals surface area contributed by atoms with Gasteiger partial charge in [-0.15, -0.1) is 10.2 Å². The van der Waals surface area contributed by atoms with E-state index in [1.807, 2.05) is 0 Å². The molecule has 0 unspecified atom stereocenters. The molecule has 0 radical (unpaired) electrons. The summed E-state index contributed by atoms with van der Waals surface area (Å²) in [7, 11) is 0. The van der Waals surface area contributed by atoms with E-state index < -0.39 is 5.97 Å². The highest BCUT2D eigenvalue weighted by Crippen LogP contribution is 2.12. The molecule has 0 fully saturated rings. The van der Waals surface area contributed by atoms with Crippen LogP contribution in [0.15, 0.2) is 36.9 Å². The second kappa shape index (κ2) is 5.11. The fraction of sp³-hybridized carbons (Fsp3) is 0.182. The van der Waals surface area contributed by atoms with Gasteiger partial charge in [0.15, 0.2) is 0 Å². The maximum absolute atomic E-state index is 10.6. The number of aromatic nitrogens is 3. The maximum Gasteiger partial charge on any atom is 0.335 e. The molecule has 0 aliphatic heterocycles. The topological polar surface area (TPSA) is 77.2 Å². The summed E-state index contributed by atoms with van der Waals surface area (Å²) >= 11 is 0. The van der Waals surface area contributed by atoms with Crippen LogP contribution >= 0.6 is 0 Å². The number of carboxylic acid groups (broad SMARTS) is 1. The molecule has 1 aromatic carbocycles. The first-order valence-corrected chi connectivity index (χ1v) is 5.04. The lowest BCUT2D eigenvalue weighted by Crippen LogP contribution is -2.06. The summed E-state index contributed by atoms with van der Waals surface area (Å²) in [5.41, 5.74) is 0.246. The van der Waals surface area contributed by atoms with E-state index in [0.717, 1.165) is 0 Å². The molecule has 6 heteroatoms. The number of ether oxygens (including phenoxy) is 1. The minimum atomic E-state index is -0.943. The largest absolute Gasteiger partial charge is 0.492 e. The van der Waals surface area contributed by atoms with Gasteiger partial charge in [0.2, 0.25) is 0 Å². The van der Waals surface area contributed by atoms with Crippen molar-refractivity contribution in [3.05, 3.63) is 42.5 Å². The Balaban J connectivity index is 1.85. The van der Waals surface area contributed by atoms with E-state index in [-0.39, 0.29) is 5.56 Å². The SMILES string of the molecule is O=C(O)c1ccc(OCCn2cnnc2)cc1. The van der Waals surface area contributed by atoms with Crippen LogP contribution in [0.4, 0.5) is 0 Å². The molecule has 1 aromatic heterocycles. The average Bonchev–Trinajstić information content (AvgIpc) is 2.83. The van der Waals surface area contributed by atoms with Gasteiger partial charge in [0.1, 0.15) is 25.0 Å². The van der Waals surface area contributed by atoms with Gasteiger partial charge in [-0.05, 0) is 24.3 Å². The lowest BCUT2D eigenvalue weighted by atomic mass is 10.2. The Hall–Kier alpha value is -2.37. The van der Waals surface area contributed by atoms with Crippen LogP contribution in [0.1, 0.15) is 10.4 Å². The summed E-state index contributed by atoms with van der Waals surface area (Å²) < 4.78 is 7.24. The van der Waals surface area contributed by atoms with E-state index in [1.165, 1.54) is 12.1 Å². The number of benzene rings is 1. The third kappa shape index (κ3) is 3.04. The Labute approximate surface area is 97.5 Å². The molecule has 6 nitrogen and oxygen atoms in total. The number of aromatic carboxylic acids is 1. The Kier molecular flexibility index (Phi) is 3.34. The number of carbonyl (C=O) groups is 1. The Morgan fingerprint density at radius 1 is 1.24 bits per heavy atom. The molecule has 88 valence electrons. The predicted molar refractivity (Wildman–Crippen MR) is 58.9 cm³/mol. The zero-order valence-electron chi connectivity index (χ0n) is 8.98. The second-order valence-corrected chi connectivity index (χ2v) is 3.38. The number of hydrogen-bond acceptors (Lipinski definition) is 4. The van der Waals surface area contributed by atoms with Crippen LogP contribution in [0, 0.1) is 0 Å². The molecule has 0 saturated heterocycles. The molecule has 0 atom stereocenters. The monoisotopic (exact) mass is 233 g/mol. The van der Waals surface area contributed by atoms with Crippen molar-refractivity contribution >= 4 is 5.97 Å². The quantitative estimate of drug-likeness (QED) is 0.835. The minimum Gasteiger partial charge on any atom is -0.492 e. The molecule has 17 heavy (non-hydrogen) atoms. The minimum absolute atomic E-state index is 0.246. The van der Waals surface area contributed by atoms with E-state index >= 15 is 0 Å². The molecule has 1 heterocycles. The fourth-order valence-electron chi connectivity index (χ4n) is 1.30. The van der Waals surface area contributed by atoms with Gasteiger partial charge in [0.25, 0.3) is 0 Å². The van der Waals surface area contributed by atoms with Crippen LogP contribution in [0.2, 0.25) is 0 Å². The molecule has 0 spiro atoms. The average molecular weight is 233 g/mol.